The molecule has 0 spiro atoms. The Balaban J connectivity index is 1.52. The maximum absolute atomic E-state index is 12.8. The van der Waals surface area contributed by atoms with E-state index in [1.165, 1.54) is 24.3 Å². The third kappa shape index (κ3) is 4.24. The summed E-state index contributed by atoms with van der Waals surface area (Å²) >= 11 is 17.8. The zero-order chi connectivity index (χ0) is 23.2. The smallest absolute Gasteiger partial charge is 0.273 e. The van der Waals surface area contributed by atoms with Gasteiger partial charge in [-0.2, -0.15) is 0 Å². The van der Waals surface area contributed by atoms with Crippen molar-refractivity contribution in [3.63, 3.8) is 0 Å². The van der Waals surface area contributed by atoms with Crippen LogP contribution in [0.2, 0.25) is 9.36 Å². The summed E-state index contributed by atoms with van der Waals surface area (Å²) in [6.45, 7) is 1.72. The number of halogens is 2. The number of rotatable bonds is 4. The van der Waals surface area contributed by atoms with Gasteiger partial charge in [0.25, 0.3) is 21.8 Å². The fourth-order valence-electron chi connectivity index (χ4n) is 3.19. The average Bonchev–Trinajstić information content (AvgIpc) is 3.25. The van der Waals surface area contributed by atoms with Crippen LogP contribution in [0.4, 0.5) is 11.4 Å². The second-order valence-electron chi connectivity index (χ2n) is 6.76. The first-order chi connectivity index (χ1) is 15.1. The number of thiocarbonyl (C=S) groups is 1. The van der Waals surface area contributed by atoms with Crippen LogP contribution < -0.4 is 14.9 Å². The maximum atomic E-state index is 12.8. The zero-order valence-corrected chi connectivity index (χ0v) is 20.1. The number of anilines is 2. The molecule has 0 bridgehead atoms. The SMILES string of the molecule is Cc1cc(NC(=S)NS(=O)(=O)c2ccc(Cl)s2)ccc1N1C(=O)c2ccc(Cl)cc2C1=O. The molecule has 2 amide bonds. The lowest BCUT2D eigenvalue weighted by molar-refractivity contribution is 0.0926. The number of amides is 2. The van der Waals surface area contributed by atoms with E-state index in [4.69, 9.17) is 35.4 Å². The minimum absolute atomic E-state index is 0.0314. The van der Waals surface area contributed by atoms with Gasteiger partial charge in [0.2, 0.25) is 0 Å². The zero-order valence-electron chi connectivity index (χ0n) is 16.2. The lowest BCUT2D eigenvalue weighted by Crippen LogP contribution is -2.34. The molecule has 7 nitrogen and oxygen atoms in total. The van der Waals surface area contributed by atoms with Gasteiger partial charge in [-0.25, -0.2) is 13.3 Å². The highest BCUT2D eigenvalue weighted by Gasteiger charge is 2.37. The predicted octanol–water partition coefficient (Wildman–Crippen LogP) is 4.84. The standard InChI is InChI=1S/C20H13Cl2N3O4S3/c1-10-8-12(23-20(30)24-32(28,29)17-7-6-16(22)31-17)3-5-15(10)25-18(26)13-4-2-11(21)9-14(13)19(25)27/h2-9H,1H3,(H2,23,24,30). The van der Waals surface area contributed by atoms with E-state index in [0.29, 0.717) is 26.3 Å². The van der Waals surface area contributed by atoms with Crippen LogP contribution in [0.1, 0.15) is 26.3 Å². The highest BCUT2D eigenvalue weighted by Crippen LogP contribution is 2.33. The van der Waals surface area contributed by atoms with E-state index < -0.39 is 21.8 Å². The molecule has 0 radical (unpaired) electrons. The van der Waals surface area contributed by atoms with Crippen molar-refractivity contribution >= 4 is 85.1 Å². The first-order valence-electron chi connectivity index (χ1n) is 8.95. The Morgan fingerprint density at radius 1 is 1.00 bits per heavy atom. The molecular weight excluding hydrogens is 513 g/mol. The molecule has 1 aliphatic rings. The maximum Gasteiger partial charge on any atom is 0.273 e. The van der Waals surface area contributed by atoms with Crippen molar-refractivity contribution in [3.05, 3.63) is 74.6 Å². The van der Waals surface area contributed by atoms with Gasteiger partial charge in [-0.3, -0.25) is 14.3 Å². The number of sulfonamides is 1. The van der Waals surface area contributed by atoms with Gasteiger partial charge in [0, 0.05) is 10.7 Å². The Morgan fingerprint density at radius 3 is 2.38 bits per heavy atom. The number of carbonyl (C=O) groups excluding carboxylic acids is 2. The van der Waals surface area contributed by atoms with Crippen LogP contribution >= 0.6 is 46.8 Å². The van der Waals surface area contributed by atoms with Crippen LogP contribution in [0.5, 0.6) is 0 Å². The Labute approximate surface area is 203 Å². The number of benzene rings is 2. The number of nitrogens with zero attached hydrogens (tertiary/aromatic N) is 1. The fraction of sp³-hybridized carbons (Fsp3) is 0.0500. The topological polar surface area (TPSA) is 95.6 Å². The van der Waals surface area contributed by atoms with E-state index in [0.717, 1.165) is 16.2 Å². The second-order valence-corrected chi connectivity index (χ2v) is 11.2. The number of hydrogen-bond donors (Lipinski definition) is 2. The molecule has 1 aromatic heterocycles. The van der Waals surface area contributed by atoms with Crippen LogP contribution in [0.3, 0.4) is 0 Å². The fourth-order valence-corrected chi connectivity index (χ4v) is 6.20. The van der Waals surface area contributed by atoms with Gasteiger partial charge in [-0.05, 0) is 73.2 Å². The van der Waals surface area contributed by atoms with Crippen molar-refractivity contribution in [2.75, 3.05) is 10.2 Å². The molecule has 32 heavy (non-hydrogen) atoms. The van der Waals surface area contributed by atoms with Gasteiger partial charge in [-0.15, -0.1) is 11.3 Å². The first kappa shape index (κ1) is 22.7. The molecule has 2 heterocycles. The van der Waals surface area contributed by atoms with E-state index in [9.17, 15) is 18.0 Å². The second kappa shape index (κ2) is 8.45. The van der Waals surface area contributed by atoms with Crippen LogP contribution in [-0.2, 0) is 10.0 Å². The van der Waals surface area contributed by atoms with E-state index in [1.54, 1.807) is 31.2 Å². The molecule has 0 fully saturated rings. The summed E-state index contributed by atoms with van der Waals surface area (Å²) < 4.78 is 27.4. The molecule has 0 saturated heterocycles. The molecule has 0 aliphatic carbocycles. The normalized spacial score (nSPS) is 13.3. The van der Waals surface area contributed by atoms with Gasteiger partial charge in [0.15, 0.2) is 5.11 Å². The van der Waals surface area contributed by atoms with Crippen molar-refractivity contribution in [1.29, 1.82) is 0 Å². The number of aryl methyl sites for hydroxylation is 1. The number of fused-ring (bicyclic) bond motifs is 1. The summed E-state index contributed by atoms with van der Waals surface area (Å²) in [4.78, 5) is 26.6. The van der Waals surface area contributed by atoms with E-state index >= 15 is 0 Å². The average molecular weight is 526 g/mol. The summed E-state index contributed by atoms with van der Waals surface area (Å²) in [5, 5.41) is 3.01. The molecule has 0 saturated carbocycles. The molecule has 1 aliphatic heterocycles. The quantitative estimate of drug-likeness (QED) is 0.373. The first-order valence-corrected chi connectivity index (χ1v) is 12.4. The van der Waals surface area contributed by atoms with Gasteiger partial charge >= 0.3 is 0 Å². The van der Waals surface area contributed by atoms with Gasteiger partial charge < -0.3 is 5.32 Å². The highest BCUT2D eigenvalue weighted by atomic mass is 35.5. The molecule has 164 valence electrons. The van der Waals surface area contributed by atoms with Crippen molar-refractivity contribution in [2.45, 2.75) is 11.1 Å². The van der Waals surface area contributed by atoms with E-state index in [2.05, 4.69) is 10.0 Å². The molecule has 4 rings (SSSR count). The summed E-state index contributed by atoms with van der Waals surface area (Å²) in [5.41, 5.74) is 2.00. The third-order valence-corrected chi connectivity index (χ3v) is 8.23. The molecule has 2 aromatic carbocycles. The van der Waals surface area contributed by atoms with Crippen LogP contribution in [0.15, 0.2) is 52.7 Å². The molecule has 3 aromatic rings. The van der Waals surface area contributed by atoms with Crippen molar-refractivity contribution in [2.24, 2.45) is 0 Å². The third-order valence-electron chi connectivity index (χ3n) is 4.58. The number of nitrogens with one attached hydrogen (secondary N) is 2. The van der Waals surface area contributed by atoms with Gasteiger partial charge in [0.05, 0.1) is 21.2 Å². The Kier molecular flexibility index (Phi) is 5.99. The highest BCUT2D eigenvalue weighted by molar-refractivity contribution is 7.93. The largest absolute Gasteiger partial charge is 0.332 e. The monoisotopic (exact) mass is 525 g/mol. The van der Waals surface area contributed by atoms with Crippen LogP contribution in [0, 0.1) is 6.92 Å². The Morgan fingerprint density at radius 2 is 1.72 bits per heavy atom. The molecule has 0 unspecified atom stereocenters. The van der Waals surface area contributed by atoms with Gasteiger partial charge in [0.1, 0.15) is 4.21 Å². The minimum atomic E-state index is -3.87. The van der Waals surface area contributed by atoms with Crippen molar-refractivity contribution < 1.29 is 18.0 Å². The minimum Gasteiger partial charge on any atom is -0.332 e. The summed E-state index contributed by atoms with van der Waals surface area (Å²) in [6, 6.07) is 12.2. The summed E-state index contributed by atoms with van der Waals surface area (Å²) in [7, 11) is -3.87. The van der Waals surface area contributed by atoms with Crippen LogP contribution in [-0.4, -0.2) is 25.3 Å². The molecular formula is C20H13Cl2N3O4S3. The van der Waals surface area contributed by atoms with E-state index in [-0.39, 0.29) is 20.4 Å². The predicted molar refractivity (Wildman–Crippen MR) is 130 cm³/mol. The Bertz CT molecular complexity index is 1400. The molecule has 0 atom stereocenters. The lowest BCUT2D eigenvalue weighted by Gasteiger charge is -2.18. The number of hydrogen-bond acceptors (Lipinski definition) is 6. The lowest BCUT2D eigenvalue weighted by atomic mass is 10.1. The van der Waals surface area contributed by atoms with Gasteiger partial charge in [-0.1, -0.05) is 23.2 Å². The Hall–Kier alpha value is -2.50. The molecule has 2 N–H and O–H groups in total. The van der Waals surface area contributed by atoms with Crippen LogP contribution in [0.25, 0.3) is 0 Å². The summed E-state index contributed by atoms with van der Waals surface area (Å²) in [6.07, 6.45) is 0. The summed E-state index contributed by atoms with van der Waals surface area (Å²) in [5.74, 6) is -0.905. The van der Waals surface area contributed by atoms with Crippen molar-refractivity contribution in [1.82, 2.24) is 4.72 Å². The number of thiophene rings is 1. The number of imide groups is 1. The molecule has 12 heteroatoms. The van der Waals surface area contributed by atoms with E-state index in [1.807, 2.05) is 0 Å². The number of carbonyl (C=O) groups is 2. The van der Waals surface area contributed by atoms with Crippen molar-refractivity contribution in [3.8, 4) is 0 Å².